The van der Waals surface area contributed by atoms with E-state index in [4.69, 9.17) is 5.11 Å². The topological polar surface area (TPSA) is 79.3 Å². The molecule has 0 unspecified atom stereocenters. The average molecular weight is 322 g/mol. The summed E-state index contributed by atoms with van der Waals surface area (Å²) in [5.41, 5.74) is 2.74. The molecule has 1 aromatic carbocycles. The molecule has 1 aromatic heterocycles. The van der Waals surface area contributed by atoms with Crippen LogP contribution >= 0.6 is 11.3 Å². The monoisotopic (exact) mass is 322 g/mol. The molecule has 7 heteroatoms. The highest BCUT2D eigenvalue weighted by Gasteiger charge is 2.17. The smallest absolute Gasteiger partial charge is 0.242 e. The van der Waals surface area contributed by atoms with Gasteiger partial charge in [0.15, 0.2) is 0 Å². The molecule has 2 aromatic rings. The van der Waals surface area contributed by atoms with Gasteiger partial charge in [0.1, 0.15) is 0 Å². The van der Waals surface area contributed by atoms with Crippen LogP contribution in [-0.4, -0.2) is 25.1 Å². The van der Waals surface area contributed by atoms with Crippen molar-refractivity contribution in [3.63, 3.8) is 0 Å². The number of aliphatic hydroxyl groups is 1. The maximum Gasteiger partial charge on any atom is 0.242 e. The second kappa shape index (κ2) is 7.33. The molecule has 21 heavy (non-hydrogen) atoms. The van der Waals surface area contributed by atoms with Gasteiger partial charge in [-0.25, -0.2) is 18.1 Å². The molecule has 0 bridgehead atoms. The first-order chi connectivity index (χ1) is 10.1. The van der Waals surface area contributed by atoms with Crippen LogP contribution in [0.5, 0.6) is 0 Å². The van der Waals surface area contributed by atoms with E-state index >= 15 is 0 Å². The minimum atomic E-state index is -3.65. The molecule has 2 rings (SSSR count). The summed E-state index contributed by atoms with van der Waals surface area (Å²) in [6.45, 7) is 0.0915. The molecule has 1 heterocycles. The zero-order valence-electron chi connectivity index (χ0n) is 11.1. The van der Waals surface area contributed by atoms with Gasteiger partial charge in [0.25, 0.3) is 0 Å². The highest BCUT2D eigenvalue weighted by molar-refractivity contribution is 7.89. The minimum absolute atomic E-state index is 0.0516. The number of aliphatic hydroxyl groups excluding tert-OH is 1. The lowest BCUT2D eigenvalue weighted by Gasteiger charge is -2.07. The first kappa shape index (κ1) is 15.7. The molecule has 2 N–H and O–H groups in total. The van der Waals surface area contributed by atoms with E-state index < -0.39 is 10.0 Å². The molecule has 0 fully saturated rings. The molecule has 0 aliphatic carbocycles. The van der Waals surface area contributed by atoms with Gasteiger partial charge in [0.2, 0.25) is 10.0 Å². The van der Waals surface area contributed by atoms with Gasteiger partial charge in [0.05, 0.1) is 29.3 Å². The lowest BCUT2D eigenvalue weighted by atomic mass is 10.2. The molecule has 0 saturated heterocycles. The van der Waals surface area contributed by atoms with Crippen LogP contribution in [-0.2, 0) is 16.6 Å². The molecule has 0 spiro atoms. The lowest BCUT2D eigenvalue weighted by Crippen LogP contribution is -2.24. The Balaban J connectivity index is 2.21. The van der Waals surface area contributed by atoms with Crippen LogP contribution in [0, 0.1) is 11.8 Å². The summed E-state index contributed by atoms with van der Waals surface area (Å²) < 4.78 is 27.2. The minimum Gasteiger partial charge on any atom is -0.395 e. The van der Waals surface area contributed by atoms with E-state index in [0.717, 1.165) is 0 Å². The Hall–Kier alpha value is -1.72. The Morgan fingerprint density at radius 2 is 2.14 bits per heavy atom. The Bertz CT molecular complexity index is 744. The van der Waals surface area contributed by atoms with Crippen molar-refractivity contribution in [3.05, 3.63) is 46.4 Å². The fourth-order valence-electron chi connectivity index (χ4n) is 1.59. The maximum atomic E-state index is 12.3. The van der Waals surface area contributed by atoms with E-state index in [0.29, 0.717) is 17.7 Å². The zero-order valence-corrected chi connectivity index (χ0v) is 12.7. The number of thiazole rings is 1. The van der Waals surface area contributed by atoms with Crippen molar-refractivity contribution in [2.45, 2.75) is 17.9 Å². The van der Waals surface area contributed by atoms with Crippen molar-refractivity contribution < 1.29 is 13.5 Å². The van der Waals surface area contributed by atoms with Gasteiger partial charge in [-0.1, -0.05) is 24.0 Å². The SMILES string of the molecule is O=S(=O)(NCc1cscn1)c1ccccc1C#CCCO. The number of hydrogen-bond donors (Lipinski definition) is 2. The Kier molecular flexibility index (Phi) is 5.47. The Labute approximate surface area is 127 Å². The van der Waals surface area contributed by atoms with Gasteiger partial charge >= 0.3 is 0 Å². The van der Waals surface area contributed by atoms with Crippen molar-refractivity contribution in [2.24, 2.45) is 0 Å². The summed E-state index contributed by atoms with van der Waals surface area (Å²) in [5, 5.41) is 10.5. The van der Waals surface area contributed by atoms with Gasteiger partial charge in [-0.2, -0.15) is 0 Å². The molecule has 0 aliphatic rings. The van der Waals surface area contributed by atoms with Crippen LogP contribution in [0.2, 0.25) is 0 Å². The highest BCUT2D eigenvalue weighted by Crippen LogP contribution is 2.15. The van der Waals surface area contributed by atoms with Gasteiger partial charge < -0.3 is 5.11 Å². The number of benzene rings is 1. The van der Waals surface area contributed by atoms with Crippen LogP contribution in [0.3, 0.4) is 0 Å². The fourth-order valence-corrected chi connectivity index (χ4v) is 3.31. The number of nitrogens with zero attached hydrogens (tertiary/aromatic N) is 1. The third kappa shape index (κ3) is 4.37. The molecule has 110 valence electrons. The quantitative estimate of drug-likeness (QED) is 0.815. The van der Waals surface area contributed by atoms with Crippen molar-refractivity contribution in [2.75, 3.05) is 6.61 Å². The van der Waals surface area contributed by atoms with E-state index in [1.54, 1.807) is 29.1 Å². The second-order valence-corrected chi connectivity index (χ2v) is 6.53. The first-order valence-electron chi connectivity index (χ1n) is 6.19. The van der Waals surface area contributed by atoms with Crippen LogP contribution in [0.25, 0.3) is 0 Å². The van der Waals surface area contributed by atoms with Gasteiger partial charge in [-0.3, -0.25) is 0 Å². The van der Waals surface area contributed by atoms with Crippen LogP contribution in [0.1, 0.15) is 17.7 Å². The van der Waals surface area contributed by atoms with Crippen LogP contribution in [0.15, 0.2) is 40.1 Å². The van der Waals surface area contributed by atoms with E-state index in [1.165, 1.54) is 17.4 Å². The van der Waals surface area contributed by atoms with Gasteiger partial charge in [-0.15, -0.1) is 11.3 Å². The summed E-state index contributed by atoms with van der Waals surface area (Å²) in [4.78, 5) is 4.16. The van der Waals surface area contributed by atoms with E-state index in [2.05, 4.69) is 21.5 Å². The predicted molar refractivity (Wildman–Crippen MR) is 81.2 cm³/mol. The average Bonchev–Trinajstić information content (AvgIpc) is 2.99. The summed E-state index contributed by atoms with van der Waals surface area (Å²) in [5.74, 6) is 5.50. The summed E-state index contributed by atoms with van der Waals surface area (Å²) in [6.07, 6.45) is 0.306. The second-order valence-electron chi connectivity index (χ2n) is 4.08. The van der Waals surface area contributed by atoms with Crippen molar-refractivity contribution in [1.29, 1.82) is 0 Å². The molecule has 0 atom stereocenters. The third-order valence-corrected chi connectivity index (χ3v) is 4.66. The van der Waals surface area contributed by atoms with Crippen molar-refractivity contribution in [1.82, 2.24) is 9.71 Å². The van der Waals surface area contributed by atoms with Crippen LogP contribution < -0.4 is 4.72 Å². The predicted octanol–water partition coefficient (Wildman–Crippen LogP) is 1.36. The van der Waals surface area contributed by atoms with E-state index in [-0.39, 0.29) is 18.0 Å². The molecule has 0 aliphatic heterocycles. The normalized spacial score (nSPS) is 10.9. The third-order valence-electron chi connectivity index (χ3n) is 2.56. The molecular weight excluding hydrogens is 308 g/mol. The summed E-state index contributed by atoms with van der Waals surface area (Å²) >= 11 is 1.41. The fraction of sp³-hybridized carbons (Fsp3) is 0.214. The zero-order chi connectivity index (χ0) is 15.1. The van der Waals surface area contributed by atoms with E-state index in [1.807, 2.05) is 0 Å². The number of rotatable bonds is 5. The number of hydrogen-bond acceptors (Lipinski definition) is 5. The van der Waals surface area contributed by atoms with Crippen molar-refractivity contribution in [3.8, 4) is 11.8 Å². The van der Waals surface area contributed by atoms with Crippen LogP contribution in [0.4, 0.5) is 0 Å². The lowest BCUT2D eigenvalue weighted by molar-refractivity contribution is 0.305. The molecule has 0 radical (unpaired) electrons. The molecular formula is C14H14N2O3S2. The summed E-state index contributed by atoms with van der Waals surface area (Å²) in [7, 11) is -3.65. The number of aromatic nitrogens is 1. The van der Waals surface area contributed by atoms with Gasteiger partial charge in [0, 0.05) is 17.4 Å². The molecule has 5 nitrogen and oxygen atoms in total. The molecule has 0 saturated carbocycles. The number of nitrogens with one attached hydrogen (secondary N) is 1. The first-order valence-corrected chi connectivity index (χ1v) is 8.61. The van der Waals surface area contributed by atoms with E-state index in [9.17, 15) is 8.42 Å². The highest BCUT2D eigenvalue weighted by atomic mass is 32.2. The Morgan fingerprint density at radius 3 is 2.86 bits per heavy atom. The largest absolute Gasteiger partial charge is 0.395 e. The standard InChI is InChI=1S/C14H14N2O3S2/c17-8-4-3-6-12-5-1-2-7-14(12)21(18,19)16-9-13-10-20-11-15-13/h1-2,5,7,10-11,16-17H,4,8-9H2. The Morgan fingerprint density at radius 1 is 1.33 bits per heavy atom. The van der Waals surface area contributed by atoms with Crippen molar-refractivity contribution >= 4 is 21.4 Å². The summed E-state index contributed by atoms with van der Waals surface area (Å²) in [6, 6.07) is 6.52. The molecule has 0 amide bonds. The maximum absolute atomic E-state index is 12.3. The van der Waals surface area contributed by atoms with Gasteiger partial charge in [-0.05, 0) is 12.1 Å². The number of sulfonamides is 1.